The summed E-state index contributed by atoms with van der Waals surface area (Å²) < 4.78 is 33.5. The van der Waals surface area contributed by atoms with Gasteiger partial charge >= 0.3 is 0 Å². The molecule has 1 aromatic heterocycles. The van der Waals surface area contributed by atoms with E-state index in [1.807, 2.05) is 37.2 Å². The van der Waals surface area contributed by atoms with Crippen molar-refractivity contribution < 1.29 is 17.9 Å². The number of fused-ring (bicyclic) bond motifs is 1. The summed E-state index contributed by atoms with van der Waals surface area (Å²) in [5, 5.41) is 0.579. The zero-order valence-electron chi connectivity index (χ0n) is 19.4. The van der Waals surface area contributed by atoms with Gasteiger partial charge in [0.05, 0.1) is 16.7 Å². The first-order chi connectivity index (χ1) is 15.8. The molecule has 0 saturated carbocycles. The molecule has 0 bridgehead atoms. The summed E-state index contributed by atoms with van der Waals surface area (Å²) in [5.74, 6) is 0.437. The molecule has 11 heteroatoms. The van der Waals surface area contributed by atoms with Gasteiger partial charge in [-0.3, -0.25) is 9.69 Å². The van der Waals surface area contributed by atoms with Crippen molar-refractivity contribution in [1.29, 1.82) is 0 Å². The number of ether oxygens (including phenoxy) is 1. The number of likely N-dealkylation sites (N-methyl/N-ethyl adjacent to an activating group) is 1. The molecule has 1 fully saturated rings. The lowest BCUT2D eigenvalue weighted by Crippen LogP contribution is -2.36. The van der Waals surface area contributed by atoms with Crippen LogP contribution >= 0.6 is 23.7 Å². The molecule has 34 heavy (non-hydrogen) atoms. The van der Waals surface area contributed by atoms with Gasteiger partial charge in [0.1, 0.15) is 11.3 Å². The summed E-state index contributed by atoms with van der Waals surface area (Å²) in [6, 6.07) is 11.9. The van der Waals surface area contributed by atoms with Crippen LogP contribution in [0.2, 0.25) is 0 Å². The van der Waals surface area contributed by atoms with Gasteiger partial charge in [-0.1, -0.05) is 17.4 Å². The fourth-order valence-corrected chi connectivity index (χ4v) is 6.30. The maximum atomic E-state index is 13.5. The average molecular weight is 525 g/mol. The normalized spacial score (nSPS) is 14.4. The fourth-order valence-electron chi connectivity index (χ4n) is 3.78. The first-order valence-electron chi connectivity index (χ1n) is 10.8. The highest BCUT2D eigenvalue weighted by molar-refractivity contribution is 7.89. The monoisotopic (exact) mass is 524 g/mol. The lowest BCUT2D eigenvalue weighted by Gasteiger charge is -2.22. The number of benzene rings is 2. The van der Waals surface area contributed by atoms with Crippen LogP contribution < -0.4 is 9.64 Å². The number of methoxy groups -OCH3 is 1. The SMILES string of the molecule is COc1cccc2sc(N(CCN(C)C)C(=O)c3ccc(S(=O)(=O)N4CCCC4)cc3)nc12.Cl. The fraction of sp³-hybridized carbons (Fsp3) is 0.391. The summed E-state index contributed by atoms with van der Waals surface area (Å²) in [5.41, 5.74) is 1.13. The summed E-state index contributed by atoms with van der Waals surface area (Å²) in [6.07, 6.45) is 1.76. The molecule has 1 saturated heterocycles. The number of nitrogens with zero attached hydrogens (tertiary/aromatic N) is 4. The highest BCUT2D eigenvalue weighted by Gasteiger charge is 2.28. The highest BCUT2D eigenvalue weighted by Crippen LogP contribution is 2.34. The van der Waals surface area contributed by atoms with Gasteiger partial charge in [0.25, 0.3) is 5.91 Å². The highest BCUT2D eigenvalue weighted by atomic mass is 35.5. The number of anilines is 1. The summed E-state index contributed by atoms with van der Waals surface area (Å²) >= 11 is 1.43. The molecular weight excluding hydrogens is 496 g/mol. The van der Waals surface area contributed by atoms with E-state index in [4.69, 9.17) is 9.72 Å². The molecular formula is C23H29ClN4O4S2. The van der Waals surface area contributed by atoms with E-state index < -0.39 is 10.0 Å². The minimum absolute atomic E-state index is 0. The van der Waals surface area contributed by atoms with Crippen molar-refractivity contribution in [1.82, 2.24) is 14.2 Å². The number of hydrogen-bond acceptors (Lipinski definition) is 7. The summed E-state index contributed by atoms with van der Waals surface area (Å²) in [4.78, 5) is 22.0. The van der Waals surface area contributed by atoms with Gasteiger partial charge in [-0.05, 0) is 63.3 Å². The Bertz CT molecular complexity index is 1240. The van der Waals surface area contributed by atoms with Crippen molar-refractivity contribution >= 4 is 55.0 Å². The smallest absolute Gasteiger partial charge is 0.260 e. The number of amides is 1. The standard InChI is InChI=1S/C23H28N4O4S2.ClH/c1-25(2)15-16-27(23-24-21-19(31-3)7-6-8-20(21)32-23)22(28)17-9-11-18(12-10-17)33(29,30)26-13-4-5-14-26;/h6-12H,4-5,13-16H2,1-3H3;1H. The van der Waals surface area contributed by atoms with E-state index in [-0.39, 0.29) is 23.2 Å². The molecule has 1 aliphatic heterocycles. The van der Waals surface area contributed by atoms with Crippen LogP contribution in [0, 0.1) is 0 Å². The lowest BCUT2D eigenvalue weighted by molar-refractivity contribution is 0.0985. The van der Waals surface area contributed by atoms with E-state index in [0.29, 0.717) is 42.6 Å². The van der Waals surface area contributed by atoms with Crippen LogP contribution in [0.25, 0.3) is 10.2 Å². The summed E-state index contributed by atoms with van der Waals surface area (Å²) in [7, 11) is 1.97. The number of aromatic nitrogens is 1. The van der Waals surface area contributed by atoms with E-state index in [1.165, 1.54) is 27.8 Å². The van der Waals surface area contributed by atoms with Gasteiger partial charge in [0, 0.05) is 31.7 Å². The number of hydrogen-bond donors (Lipinski definition) is 0. The molecule has 184 valence electrons. The van der Waals surface area contributed by atoms with Gasteiger partial charge in [0.2, 0.25) is 10.0 Å². The Morgan fingerprint density at radius 3 is 2.38 bits per heavy atom. The Balaban J connectivity index is 0.00000324. The van der Waals surface area contributed by atoms with Crippen LogP contribution in [0.4, 0.5) is 5.13 Å². The molecule has 4 rings (SSSR count). The van der Waals surface area contributed by atoms with Crippen molar-refractivity contribution in [3.8, 4) is 5.75 Å². The Labute approximate surface area is 210 Å². The number of thiazole rings is 1. The number of sulfonamides is 1. The van der Waals surface area contributed by atoms with Crippen molar-refractivity contribution in [3.05, 3.63) is 48.0 Å². The first kappa shape index (κ1) is 26.4. The van der Waals surface area contributed by atoms with Gasteiger partial charge in [0.15, 0.2) is 5.13 Å². The number of halogens is 1. The van der Waals surface area contributed by atoms with E-state index in [9.17, 15) is 13.2 Å². The second-order valence-electron chi connectivity index (χ2n) is 8.20. The minimum atomic E-state index is -3.52. The van der Waals surface area contributed by atoms with Gasteiger partial charge in [-0.25, -0.2) is 13.4 Å². The quantitative estimate of drug-likeness (QED) is 0.446. The molecule has 2 aromatic carbocycles. The molecule has 0 aliphatic carbocycles. The number of rotatable bonds is 8. The van der Waals surface area contributed by atoms with Crippen LogP contribution in [-0.4, -0.2) is 75.9 Å². The predicted molar refractivity (Wildman–Crippen MR) is 138 cm³/mol. The molecule has 8 nitrogen and oxygen atoms in total. The third kappa shape index (κ3) is 5.36. The Kier molecular flexibility index (Phi) is 8.53. The van der Waals surface area contributed by atoms with Gasteiger partial charge in [-0.2, -0.15) is 4.31 Å². The van der Waals surface area contributed by atoms with Crippen LogP contribution in [0.1, 0.15) is 23.2 Å². The molecule has 1 amide bonds. The van der Waals surface area contributed by atoms with Crippen LogP contribution in [-0.2, 0) is 10.0 Å². The van der Waals surface area contributed by atoms with Crippen LogP contribution in [0.5, 0.6) is 5.75 Å². The lowest BCUT2D eigenvalue weighted by atomic mass is 10.2. The molecule has 0 unspecified atom stereocenters. The maximum absolute atomic E-state index is 13.5. The minimum Gasteiger partial charge on any atom is -0.494 e. The Hall–Kier alpha value is -2.24. The van der Waals surface area contributed by atoms with E-state index in [0.717, 1.165) is 23.1 Å². The van der Waals surface area contributed by atoms with E-state index >= 15 is 0 Å². The summed E-state index contributed by atoms with van der Waals surface area (Å²) in [6.45, 7) is 2.19. The molecule has 0 radical (unpaired) electrons. The molecule has 0 spiro atoms. The zero-order chi connectivity index (χ0) is 23.6. The topological polar surface area (TPSA) is 83.0 Å². The Morgan fingerprint density at radius 2 is 1.76 bits per heavy atom. The molecule has 1 aliphatic rings. The number of carbonyl (C=O) groups is 1. The van der Waals surface area contributed by atoms with Crippen LogP contribution in [0.3, 0.4) is 0 Å². The van der Waals surface area contributed by atoms with E-state index in [2.05, 4.69) is 0 Å². The van der Waals surface area contributed by atoms with Gasteiger partial charge < -0.3 is 9.64 Å². The van der Waals surface area contributed by atoms with Gasteiger partial charge in [-0.15, -0.1) is 12.4 Å². The van der Waals surface area contributed by atoms with Crippen molar-refractivity contribution in [2.75, 3.05) is 52.3 Å². The average Bonchev–Trinajstić information content (AvgIpc) is 3.49. The Morgan fingerprint density at radius 1 is 1.09 bits per heavy atom. The van der Waals surface area contributed by atoms with Crippen molar-refractivity contribution in [3.63, 3.8) is 0 Å². The second kappa shape index (κ2) is 11.0. The predicted octanol–water partition coefficient (Wildman–Crippen LogP) is 3.72. The number of para-hydroxylation sites is 1. The first-order valence-corrected chi connectivity index (χ1v) is 13.1. The molecule has 2 heterocycles. The molecule has 0 atom stereocenters. The third-order valence-electron chi connectivity index (χ3n) is 5.64. The maximum Gasteiger partial charge on any atom is 0.260 e. The third-order valence-corrected chi connectivity index (χ3v) is 8.60. The zero-order valence-corrected chi connectivity index (χ0v) is 21.9. The van der Waals surface area contributed by atoms with Crippen molar-refractivity contribution in [2.24, 2.45) is 0 Å². The molecule has 0 N–H and O–H groups in total. The van der Waals surface area contributed by atoms with E-state index in [1.54, 1.807) is 24.1 Å². The second-order valence-corrected chi connectivity index (χ2v) is 11.1. The van der Waals surface area contributed by atoms with Crippen LogP contribution in [0.15, 0.2) is 47.4 Å². The van der Waals surface area contributed by atoms with Crippen molar-refractivity contribution in [2.45, 2.75) is 17.7 Å². The molecule has 3 aromatic rings. The number of carbonyl (C=O) groups excluding carboxylic acids is 1. The largest absolute Gasteiger partial charge is 0.494 e.